The summed E-state index contributed by atoms with van der Waals surface area (Å²) in [6.45, 7) is 0.701. The van der Waals surface area contributed by atoms with Crippen LogP contribution < -0.4 is 5.32 Å². The Morgan fingerprint density at radius 2 is 2.35 bits per heavy atom. The first-order valence-electron chi connectivity index (χ1n) is 5.52. The Bertz CT molecular complexity index is 392. The smallest absolute Gasteiger partial charge is 0.251 e. The van der Waals surface area contributed by atoms with Crippen molar-refractivity contribution in [3.05, 3.63) is 29.8 Å². The molecule has 1 saturated heterocycles. The van der Waals surface area contributed by atoms with Gasteiger partial charge in [-0.05, 0) is 18.2 Å². The second-order valence-electron chi connectivity index (χ2n) is 3.83. The molecular weight excluding hydrogens is 254 g/mol. The molecule has 1 aromatic carbocycles. The quantitative estimate of drug-likeness (QED) is 0.881. The lowest BCUT2D eigenvalue weighted by Gasteiger charge is -2.21. The molecule has 2 rings (SSSR count). The highest BCUT2D eigenvalue weighted by molar-refractivity contribution is 8.06. The van der Waals surface area contributed by atoms with E-state index in [0.29, 0.717) is 17.4 Å². The first kappa shape index (κ1) is 12.6. The Kier molecular flexibility index (Phi) is 4.62. The fraction of sp³-hybridized carbons (Fsp3) is 0.417. The van der Waals surface area contributed by atoms with E-state index in [2.05, 4.69) is 5.32 Å². The molecule has 1 aromatic rings. The summed E-state index contributed by atoms with van der Waals surface area (Å²) in [7, 11) is 0. The molecule has 2 N–H and O–H groups in total. The predicted molar refractivity (Wildman–Crippen MR) is 74.0 cm³/mol. The zero-order valence-corrected chi connectivity index (χ0v) is 11.0. The lowest BCUT2D eigenvalue weighted by molar-refractivity contribution is 0.0954. The maximum atomic E-state index is 11.8. The van der Waals surface area contributed by atoms with Crippen LogP contribution >= 0.6 is 23.5 Å². The molecule has 1 aliphatic heterocycles. The Hall–Kier alpha value is -0.810. The molecule has 0 bridgehead atoms. The summed E-state index contributed by atoms with van der Waals surface area (Å²) in [5.74, 6) is 3.49. The fourth-order valence-electron chi connectivity index (χ4n) is 1.61. The maximum absolute atomic E-state index is 11.8. The Balaban J connectivity index is 1.84. The van der Waals surface area contributed by atoms with Crippen LogP contribution in [0.1, 0.15) is 10.4 Å². The third kappa shape index (κ3) is 3.85. The molecule has 0 aliphatic carbocycles. The minimum atomic E-state index is -0.114. The van der Waals surface area contributed by atoms with Crippen LogP contribution in [0, 0.1) is 0 Å². The molecule has 1 aliphatic rings. The van der Waals surface area contributed by atoms with Gasteiger partial charge in [0.25, 0.3) is 5.91 Å². The predicted octanol–water partition coefficient (Wildman–Crippen LogP) is 1.97. The Labute approximate surface area is 109 Å². The molecule has 0 radical (unpaired) electrons. The first-order chi connectivity index (χ1) is 8.25. The topological polar surface area (TPSA) is 49.3 Å². The minimum absolute atomic E-state index is 0.114. The number of phenols is 1. The number of rotatable bonds is 3. The monoisotopic (exact) mass is 269 g/mol. The van der Waals surface area contributed by atoms with Gasteiger partial charge < -0.3 is 10.4 Å². The third-order valence-corrected chi connectivity index (χ3v) is 5.33. The van der Waals surface area contributed by atoms with Gasteiger partial charge in [0.05, 0.1) is 0 Å². The molecule has 3 nitrogen and oxygen atoms in total. The van der Waals surface area contributed by atoms with Crippen LogP contribution in [-0.2, 0) is 0 Å². The van der Waals surface area contributed by atoms with Gasteiger partial charge >= 0.3 is 0 Å². The summed E-state index contributed by atoms with van der Waals surface area (Å²) in [6.07, 6.45) is 0. The van der Waals surface area contributed by atoms with Gasteiger partial charge in [0.1, 0.15) is 5.75 Å². The van der Waals surface area contributed by atoms with Crippen molar-refractivity contribution in [1.29, 1.82) is 0 Å². The van der Waals surface area contributed by atoms with Crippen molar-refractivity contribution in [2.75, 3.05) is 23.8 Å². The Morgan fingerprint density at radius 3 is 3.06 bits per heavy atom. The van der Waals surface area contributed by atoms with Gasteiger partial charge in [-0.3, -0.25) is 4.79 Å². The van der Waals surface area contributed by atoms with Crippen LogP contribution in [0.4, 0.5) is 0 Å². The summed E-state index contributed by atoms with van der Waals surface area (Å²) >= 11 is 3.86. The van der Waals surface area contributed by atoms with E-state index in [1.807, 2.05) is 23.5 Å². The zero-order valence-electron chi connectivity index (χ0n) is 9.39. The van der Waals surface area contributed by atoms with Crippen molar-refractivity contribution in [2.45, 2.75) is 5.25 Å². The largest absolute Gasteiger partial charge is 0.508 e. The van der Waals surface area contributed by atoms with E-state index in [1.54, 1.807) is 18.2 Å². The minimum Gasteiger partial charge on any atom is -0.508 e. The van der Waals surface area contributed by atoms with Crippen molar-refractivity contribution in [3.8, 4) is 5.75 Å². The number of carbonyl (C=O) groups excluding carboxylic acids is 1. The van der Waals surface area contributed by atoms with E-state index in [-0.39, 0.29) is 11.7 Å². The summed E-state index contributed by atoms with van der Waals surface area (Å²) < 4.78 is 0. The number of amides is 1. The molecule has 0 aromatic heterocycles. The van der Waals surface area contributed by atoms with E-state index in [0.717, 1.165) is 11.5 Å². The average molecular weight is 269 g/mol. The number of hydrogen-bond donors (Lipinski definition) is 2. The van der Waals surface area contributed by atoms with Gasteiger partial charge in [0.15, 0.2) is 0 Å². The van der Waals surface area contributed by atoms with Crippen molar-refractivity contribution in [1.82, 2.24) is 5.32 Å². The van der Waals surface area contributed by atoms with Crippen molar-refractivity contribution < 1.29 is 9.90 Å². The number of benzene rings is 1. The number of aromatic hydroxyl groups is 1. The van der Waals surface area contributed by atoms with Crippen LogP contribution in [0.5, 0.6) is 5.75 Å². The number of thioether (sulfide) groups is 2. The molecule has 0 spiro atoms. The summed E-state index contributed by atoms with van der Waals surface area (Å²) in [6, 6.07) is 6.43. The van der Waals surface area contributed by atoms with Crippen LogP contribution in [0.25, 0.3) is 0 Å². The van der Waals surface area contributed by atoms with Gasteiger partial charge in [0, 0.05) is 34.6 Å². The molecule has 5 heteroatoms. The Morgan fingerprint density at radius 1 is 1.47 bits per heavy atom. The van der Waals surface area contributed by atoms with Gasteiger partial charge in [0.2, 0.25) is 0 Å². The molecule has 1 fully saturated rings. The van der Waals surface area contributed by atoms with Crippen molar-refractivity contribution in [3.63, 3.8) is 0 Å². The van der Waals surface area contributed by atoms with Gasteiger partial charge in [-0.2, -0.15) is 23.5 Å². The molecule has 1 heterocycles. The maximum Gasteiger partial charge on any atom is 0.251 e. The van der Waals surface area contributed by atoms with Crippen LogP contribution in [0.2, 0.25) is 0 Å². The highest BCUT2D eigenvalue weighted by Crippen LogP contribution is 2.23. The van der Waals surface area contributed by atoms with Crippen molar-refractivity contribution in [2.24, 2.45) is 0 Å². The summed E-state index contributed by atoms with van der Waals surface area (Å²) in [5.41, 5.74) is 0.512. The molecule has 1 unspecified atom stereocenters. The van der Waals surface area contributed by atoms with Crippen molar-refractivity contribution >= 4 is 29.4 Å². The molecule has 1 atom stereocenters. The summed E-state index contributed by atoms with van der Waals surface area (Å²) in [5, 5.41) is 12.7. The van der Waals surface area contributed by atoms with Gasteiger partial charge in [-0.15, -0.1) is 0 Å². The number of hydrogen-bond acceptors (Lipinski definition) is 4. The van der Waals surface area contributed by atoms with E-state index in [1.165, 1.54) is 11.8 Å². The summed E-state index contributed by atoms with van der Waals surface area (Å²) in [4.78, 5) is 11.8. The number of phenolic OH excluding ortho intramolecular Hbond substituents is 1. The van der Waals surface area contributed by atoms with Gasteiger partial charge in [-0.25, -0.2) is 0 Å². The van der Waals surface area contributed by atoms with Crippen LogP contribution in [-0.4, -0.2) is 40.1 Å². The molecule has 92 valence electrons. The van der Waals surface area contributed by atoms with E-state index >= 15 is 0 Å². The molecular formula is C12H15NO2S2. The molecule has 0 saturated carbocycles. The molecule has 17 heavy (non-hydrogen) atoms. The first-order valence-corrected chi connectivity index (χ1v) is 7.72. The van der Waals surface area contributed by atoms with Gasteiger partial charge in [-0.1, -0.05) is 6.07 Å². The highest BCUT2D eigenvalue weighted by Gasteiger charge is 2.15. The second kappa shape index (κ2) is 6.21. The van der Waals surface area contributed by atoms with E-state index in [9.17, 15) is 9.90 Å². The standard InChI is InChI=1S/C12H15NO2S2/c14-10-3-1-2-9(6-10)12(15)13-7-11-8-16-4-5-17-11/h1-3,6,11,14H,4-5,7-8H2,(H,13,15). The SMILES string of the molecule is O=C(NCC1CSCCS1)c1cccc(O)c1. The fourth-order valence-corrected chi connectivity index (χ4v) is 4.22. The lowest BCUT2D eigenvalue weighted by atomic mass is 10.2. The average Bonchev–Trinajstić information content (AvgIpc) is 2.37. The van der Waals surface area contributed by atoms with E-state index in [4.69, 9.17) is 0 Å². The molecule has 1 amide bonds. The third-order valence-electron chi connectivity index (χ3n) is 2.48. The second-order valence-corrected chi connectivity index (χ2v) is 6.39. The number of carbonyl (C=O) groups is 1. The zero-order chi connectivity index (χ0) is 12.1. The highest BCUT2D eigenvalue weighted by atomic mass is 32.2. The van der Waals surface area contributed by atoms with Crippen LogP contribution in [0.15, 0.2) is 24.3 Å². The van der Waals surface area contributed by atoms with E-state index < -0.39 is 0 Å². The lowest BCUT2D eigenvalue weighted by Crippen LogP contribution is -2.33. The van der Waals surface area contributed by atoms with Crippen LogP contribution in [0.3, 0.4) is 0 Å². The normalized spacial score (nSPS) is 19.9. The number of nitrogens with one attached hydrogen (secondary N) is 1.